The van der Waals surface area contributed by atoms with Crippen LogP contribution in [0.3, 0.4) is 0 Å². The summed E-state index contributed by atoms with van der Waals surface area (Å²) in [5.74, 6) is 0.623. The van der Waals surface area contributed by atoms with Crippen LogP contribution < -0.4 is 10.1 Å². The molecule has 0 radical (unpaired) electrons. The largest absolute Gasteiger partial charge is 0.496 e. The van der Waals surface area contributed by atoms with E-state index >= 15 is 0 Å². The van der Waals surface area contributed by atoms with Crippen LogP contribution in [0, 0.1) is 0 Å². The molecule has 1 aliphatic heterocycles. The fraction of sp³-hybridized carbons (Fsp3) is 0.538. The summed E-state index contributed by atoms with van der Waals surface area (Å²) in [6.45, 7) is 1.11. The quantitative estimate of drug-likeness (QED) is 0.843. The third-order valence-electron chi connectivity index (χ3n) is 3.62. The van der Waals surface area contributed by atoms with E-state index in [1.807, 2.05) is 7.05 Å². The van der Waals surface area contributed by atoms with Crippen molar-refractivity contribution >= 4 is 38.4 Å². The van der Waals surface area contributed by atoms with Crippen molar-refractivity contribution in [1.82, 2.24) is 9.62 Å². The van der Waals surface area contributed by atoms with E-state index in [1.165, 1.54) is 0 Å². The average Bonchev–Trinajstić information content (AvgIpc) is 2.47. The maximum absolute atomic E-state index is 12.6. The molecule has 1 N–H and O–H groups in total. The van der Waals surface area contributed by atoms with Gasteiger partial charge >= 0.3 is 0 Å². The van der Waals surface area contributed by atoms with E-state index in [-0.39, 0.29) is 12.4 Å². The lowest BCUT2D eigenvalue weighted by molar-refractivity contribution is 0.298. The Kier molecular flexibility index (Phi) is 6.93. The first-order valence-electron chi connectivity index (χ1n) is 6.50. The highest BCUT2D eigenvalue weighted by Gasteiger charge is 2.29. The predicted molar refractivity (Wildman–Crippen MR) is 88.8 cm³/mol. The molecule has 5 nitrogen and oxygen atoms in total. The lowest BCUT2D eigenvalue weighted by Crippen LogP contribution is -2.43. The van der Waals surface area contributed by atoms with Gasteiger partial charge < -0.3 is 10.1 Å². The number of hydrogen-bond donors (Lipinski definition) is 1. The van der Waals surface area contributed by atoms with Gasteiger partial charge in [-0.3, -0.25) is 0 Å². The predicted octanol–water partition coefficient (Wildman–Crippen LogP) is 2.25. The summed E-state index contributed by atoms with van der Waals surface area (Å²) in [6.07, 6.45) is 1.68. The van der Waals surface area contributed by atoms with Gasteiger partial charge in [-0.25, -0.2) is 8.42 Å². The zero-order valence-electron chi connectivity index (χ0n) is 12.0. The SMILES string of the molecule is CNC1CCN(S(=O)(=O)c2ccc(OC)c(Br)c2)CC1.Cl. The molecule has 1 aliphatic rings. The minimum absolute atomic E-state index is 0. The van der Waals surface area contributed by atoms with Crippen molar-refractivity contribution in [2.75, 3.05) is 27.2 Å². The molecule has 2 rings (SSSR count). The van der Waals surface area contributed by atoms with Crippen LogP contribution in [-0.4, -0.2) is 46.0 Å². The Bertz CT molecular complexity index is 575. The molecule has 0 amide bonds. The molecule has 120 valence electrons. The molecular formula is C13H20BrClN2O3S. The minimum Gasteiger partial charge on any atom is -0.496 e. The molecule has 1 saturated heterocycles. The second-order valence-electron chi connectivity index (χ2n) is 4.76. The van der Waals surface area contributed by atoms with E-state index in [1.54, 1.807) is 29.6 Å². The van der Waals surface area contributed by atoms with E-state index in [0.29, 0.717) is 34.2 Å². The normalized spacial score (nSPS) is 17.3. The Labute approximate surface area is 140 Å². The van der Waals surface area contributed by atoms with E-state index in [2.05, 4.69) is 21.2 Å². The molecule has 0 saturated carbocycles. The van der Waals surface area contributed by atoms with Gasteiger partial charge in [0.2, 0.25) is 10.0 Å². The van der Waals surface area contributed by atoms with Crippen molar-refractivity contribution in [2.24, 2.45) is 0 Å². The van der Waals surface area contributed by atoms with E-state index < -0.39 is 10.0 Å². The molecule has 1 fully saturated rings. The van der Waals surface area contributed by atoms with Crippen LogP contribution in [0.5, 0.6) is 5.75 Å². The van der Waals surface area contributed by atoms with Crippen molar-refractivity contribution in [1.29, 1.82) is 0 Å². The first-order valence-corrected chi connectivity index (χ1v) is 8.73. The Hall–Kier alpha value is -0.340. The molecule has 0 aromatic heterocycles. The van der Waals surface area contributed by atoms with Gasteiger partial charge in [0.15, 0.2) is 0 Å². The van der Waals surface area contributed by atoms with Gasteiger partial charge in [0.05, 0.1) is 16.5 Å². The van der Waals surface area contributed by atoms with Crippen molar-refractivity contribution in [3.05, 3.63) is 22.7 Å². The van der Waals surface area contributed by atoms with Gasteiger partial charge in [-0.2, -0.15) is 4.31 Å². The van der Waals surface area contributed by atoms with Crippen LogP contribution >= 0.6 is 28.3 Å². The highest BCUT2D eigenvalue weighted by Crippen LogP contribution is 2.29. The molecule has 0 spiro atoms. The minimum atomic E-state index is -3.42. The van der Waals surface area contributed by atoms with Crippen molar-refractivity contribution in [3.8, 4) is 5.75 Å². The number of halogens is 2. The molecule has 1 heterocycles. The number of benzene rings is 1. The van der Waals surface area contributed by atoms with Crippen LogP contribution in [-0.2, 0) is 10.0 Å². The van der Waals surface area contributed by atoms with E-state index in [4.69, 9.17) is 4.74 Å². The van der Waals surface area contributed by atoms with Crippen molar-refractivity contribution < 1.29 is 13.2 Å². The molecular weight excluding hydrogens is 380 g/mol. The summed E-state index contributed by atoms with van der Waals surface area (Å²) >= 11 is 3.33. The van der Waals surface area contributed by atoms with Gasteiger partial charge in [-0.05, 0) is 54.0 Å². The number of rotatable bonds is 4. The number of hydrogen-bond acceptors (Lipinski definition) is 4. The summed E-state index contributed by atoms with van der Waals surface area (Å²) in [4.78, 5) is 0.299. The maximum atomic E-state index is 12.6. The summed E-state index contributed by atoms with van der Waals surface area (Å²) in [5, 5.41) is 3.19. The van der Waals surface area contributed by atoms with Gasteiger partial charge in [0.1, 0.15) is 5.75 Å². The Morgan fingerprint density at radius 1 is 1.33 bits per heavy atom. The van der Waals surface area contributed by atoms with Crippen molar-refractivity contribution in [3.63, 3.8) is 0 Å². The van der Waals surface area contributed by atoms with E-state index in [0.717, 1.165) is 12.8 Å². The molecule has 0 atom stereocenters. The second kappa shape index (κ2) is 7.78. The van der Waals surface area contributed by atoms with Gasteiger partial charge in [-0.15, -0.1) is 12.4 Å². The average molecular weight is 400 g/mol. The van der Waals surface area contributed by atoms with Gasteiger partial charge in [-0.1, -0.05) is 0 Å². The molecule has 21 heavy (non-hydrogen) atoms. The fourth-order valence-corrected chi connectivity index (χ4v) is 4.53. The molecule has 1 aromatic carbocycles. The van der Waals surface area contributed by atoms with Crippen LogP contribution in [0.25, 0.3) is 0 Å². The maximum Gasteiger partial charge on any atom is 0.243 e. The number of methoxy groups -OCH3 is 1. The zero-order chi connectivity index (χ0) is 14.8. The zero-order valence-corrected chi connectivity index (χ0v) is 15.2. The lowest BCUT2D eigenvalue weighted by Gasteiger charge is -2.31. The molecule has 1 aromatic rings. The fourth-order valence-electron chi connectivity index (χ4n) is 2.34. The van der Waals surface area contributed by atoms with Crippen LogP contribution in [0.4, 0.5) is 0 Å². The van der Waals surface area contributed by atoms with Crippen molar-refractivity contribution in [2.45, 2.75) is 23.8 Å². The van der Waals surface area contributed by atoms with Gasteiger partial charge in [0.25, 0.3) is 0 Å². The summed E-state index contributed by atoms with van der Waals surface area (Å²) < 4.78 is 32.5. The van der Waals surface area contributed by atoms with Crippen LogP contribution in [0.15, 0.2) is 27.6 Å². The number of ether oxygens (including phenoxy) is 1. The highest BCUT2D eigenvalue weighted by atomic mass is 79.9. The smallest absolute Gasteiger partial charge is 0.243 e. The molecule has 0 unspecified atom stereocenters. The monoisotopic (exact) mass is 398 g/mol. The van der Waals surface area contributed by atoms with Gasteiger partial charge in [0, 0.05) is 19.1 Å². The summed E-state index contributed by atoms with van der Waals surface area (Å²) in [6, 6.07) is 5.25. The van der Waals surface area contributed by atoms with Crippen LogP contribution in [0.2, 0.25) is 0 Å². The topological polar surface area (TPSA) is 58.6 Å². The standard InChI is InChI=1S/C13H19BrN2O3S.ClH/c1-15-10-5-7-16(8-6-10)20(17,18)11-3-4-13(19-2)12(14)9-11;/h3-4,9-10,15H,5-8H2,1-2H3;1H. The van der Waals surface area contributed by atoms with E-state index in [9.17, 15) is 8.42 Å². The third kappa shape index (κ3) is 4.10. The number of nitrogens with zero attached hydrogens (tertiary/aromatic N) is 1. The van der Waals surface area contributed by atoms with Crippen LogP contribution in [0.1, 0.15) is 12.8 Å². The molecule has 0 aliphatic carbocycles. The summed E-state index contributed by atoms with van der Waals surface area (Å²) in [7, 11) is 0.0433. The Morgan fingerprint density at radius 2 is 1.95 bits per heavy atom. The first-order chi connectivity index (χ1) is 9.48. The highest BCUT2D eigenvalue weighted by molar-refractivity contribution is 9.10. The third-order valence-corrected chi connectivity index (χ3v) is 6.14. The first kappa shape index (κ1) is 18.7. The lowest BCUT2D eigenvalue weighted by atomic mass is 10.1. The number of piperidine rings is 1. The Morgan fingerprint density at radius 3 is 2.43 bits per heavy atom. The Balaban J connectivity index is 0.00000220. The molecule has 8 heteroatoms. The number of sulfonamides is 1. The number of nitrogens with one attached hydrogen (secondary N) is 1. The molecule has 0 bridgehead atoms. The second-order valence-corrected chi connectivity index (χ2v) is 7.56. The summed E-state index contributed by atoms with van der Waals surface area (Å²) in [5.41, 5.74) is 0.